The van der Waals surface area contributed by atoms with Crippen molar-refractivity contribution in [2.45, 2.75) is 84.2 Å². The molecule has 0 radical (unpaired) electrons. The van der Waals surface area contributed by atoms with Gasteiger partial charge in [-0.2, -0.15) is 9.59 Å². The average molecular weight is 394 g/mol. The Labute approximate surface area is 165 Å². The van der Waals surface area contributed by atoms with E-state index in [2.05, 4.69) is 35.6 Å². The molecule has 156 valence electrons. The third-order valence-corrected chi connectivity index (χ3v) is 4.52. The van der Waals surface area contributed by atoms with Crippen LogP contribution in [0.2, 0.25) is 0 Å². The van der Waals surface area contributed by atoms with Gasteiger partial charge in [-0.1, -0.05) is 25.1 Å². The van der Waals surface area contributed by atoms with Crippen molar-refractivity contribution in [2.75, 3.05) is 0 Å². The Kier molecular flexibility index (Phi) is 9.18. The van der Waals surface area contributed by atoms with Crippen LogP contribution in [0.1, 0.15) is 66.0 Å². The van der Waals surface area contributed by atoms with E-state index in [9.17, 15) is 9.90 Å². The van der Waals surface area contributed by atoms with Crippen LogP contribution in [0.3, 0.4) is 0 Å². The van der Waals surface area contributed by atoms with E-state index in [0.29, 0.717) is 5.69 Å². The van der Waals surface area contributed by atoms with Crippen molar-refractivity contribution in [3.63, 3.8) is 0 Å². The van der Waals surface area contributed by atoms with E-state index < -0.39 is 5.60 Å². The Morgan fingerprint density at radius 1 is 1.43 bits per heavy atom. The average Bonchev–Trinajstić information content (AvgIpc) is 3.11. The molecule has 1 heterocycles. The number of rotatable bonds is 7. The van der Waals surface area contributed by atoms with Crippen LogP contribution in [-0.4, -0.2) is 50.4 Å². The van der Waals surface area contributed by atoms with Gasteiger partial charge in [0.05, 0.1) is 30.1 Å². The highest BCUT2D eigenvalue weighted by atomic mass is 16.5. The smallest absolute Gasteiger partial charge is 0.373 e. The maximum absolute atomic E-state index is 11.7. The monoisotopic (exact) mass is 394 g/mol. The van der Waals surface area contributed by atoms with E-state index in [1.807, 2.05) is 0 Å². The molecule has 9 heteroatoms. The molecular formula is C19H30N4O5. The molecule has 0 fully saturated rings. The van der Waals surface area contributed by atoms with Gasteiger partial charge in [0.15, 0.2) is 0 Å². The molecule has 1 aromatic heterocycles. The summed E-state index contributed by atoms with van der Waals surface area (Å²) in [4.78, 5) is 28.0. The van der Waals surface area contributed by atoms with Crippen molar-refractivity contribution in [2.24, 2.45) is 0 Å². The van der Waals surface area contributed by atoms with Crippen molar-refractivity contribution in [3.05, 3.63) is 18.0 Å². The molecule has 0 aliphatic heterocycles. The lowest BCUT2D eigenvalue weighted by Gasteiger charge is -2.34. The van der Waals surface area contributed by atoms with Crippen LogP contribution in [0.5, 0.6) is 0 Å². The molecule has 9 nitrogen and oxygen atoms in total. The molecule has 28 heavy (non-hydrogen) atoms. The first-order valence-corrected chi connectivity index (χ1v) is 9.45. The van der Waals surface area contributed by atoms with Crippen LogP contribution in [0.4, 0.5) is 0 Å². The number of aromatic nitrogens is 3. The van der Waals surface area contributed by atoms with E-state index in [0.717, 1.165) is 31.4 Å². The highest BCUT2D eigenvalue weighted by Gasteiger charge is 2.33. The number of nitrogens with one attached hydrogen (secondary N) is 1. The SMILES string of the molecule is CCC(CC)O[C@@H]1CCC=C(n2cc(C(C)(C)O)nn2)[C@H]1NC(C)=O.O=C=O. The van der Waals surface area contributed by atoms with E-state index in [-0.39, 0.29) is 30.3 Å². The summed E-state index contributed by atoms with van der Waals surface area (Å²) in [6, 6.07) is -0.289. The number of nitrogens with zero attached hydrogens (tertiary/aromatic N) is 3. The van der Waals surface area contributed by atoms with Gasteiger partial charge < -0.3 is 15.2 Å². The minimum atomic E-state index is -1.07. The number of aliphatic hydroxyl groups is 1. The number of hydrogen-bond acceptors (Lipinski definition) is 7. The van der Waals surface area contributed by atoms with Gasteiger partial charge in [0, 0.05) is 6.92 Å². The van der Waals surface area contributed by atoms with Crippen LogP contribution in [-0.2, 0) is 24.7 Å². The fraction of sp³-hybridized carbons (Fsp3) is 0.684. The molecule has 0 saturated carbocycles. The second-order valence-electron chi connectivity index (χ2n) is 7.19. The zero-order valence-electron chi connectivity index (χ0n) is 17.1. The third kappa shape index (κ3) is 6.67. The lowest BCUT2D eigenvalue weighted by atomic mass is 9.95. The van der Waals surface area contributed by atoms with Gasteiger partial charge >= 0.3 is 6.15 Å². The normalized spacial score (nSPS) is 19.3. The fourth-order valence-corrected chi connectivity index (χ4v) is 3.05. The minimum absolute atomic E-state index is 0.108. The molecule has 2 atom stereocenters. The van der Waals surface area contributed by atoms with E-state index in [1.165, 1.54) is 6.92 Å². The Morgan fingerprint density at radius 2 is 2.04 bits per heavy atom. The van der Waals surface area contributed by atoms with Crippen LogP contribution in [0.15, 0.2) is 12.3 Å². The summed E-state index contributed by atoms with van der Waals surface area (Å²) in [5.74, 6) is -0.112. The molecule has 0 spiro atoms. The van der Waals surface area contributed by atoms with Gasteiger partial charge in [-0.15, -0.1) is 5.10 Å². The van der Waals surface area contributed by atoms with Gasteiger partial charge in [-0.25, -0.2) is 4.68 Å². The van der Waals surface area contributed by atoms with Gasteiger partial charge in [-0.3, -0.25) is 4.79 Å². The van der Waals surface area contributed by atoms with Crippen LogP contribution >= 0.6 is 0 Å². The molecule has 0 bridgehead atoms. The second kappa shape index (κ2) is 10.8. The zero-order valence-corrected chi connectivity index (χ0v) is 17.1. The van der Waals surface area contributed by atoms with E-state index >= 15 is 0 Å². The Morgan fingerprint density at radius 3 is 2.50 bits per heavy atom. The fourth-order valence-electron chi connectivity index (χ4n) is 3.05. The summed E-state index contributed by atoms with van der Waals surface area (Å²) in [6.07, 6.45) is 7.63. The zero-order chi connectivity index (χ0) is 21.3. The predicted molar refractivity (Wildman–Crippen MR) is 101 cm³/mol. The first kappa shape index (κ1) is 23.7. The maximum atomic E-state index is 11.7. The first-order valence-electron chi connectivity index (χ1n) is 9.45. The Hall–Kier alpha value is -2.35. The van der Waals surface area contributed by atoms with Crippen molar-refractivity contribution in [1.82, 2.24) is 20.3 Å². The highest BCUT2D eigenvalue weighted by Crippen LogP contribution is 2.28. The van der Waals surface area contributed by atoms with E-state index in [4.69, 9.17) is 14.3 Å². The highest BCUT2D eigenvalue weighted by molar-refractivity contribution is 5.75. The van der Waals surface area contributed by atoms with Gasteiger partial charge in [0.25, 0.3) is 0 Å². The summed E-state index contributed by atoms with van der Waals surface area (Å²) in [6.45, 7) is 9.05. The minimum Gasteiger partial charge on any atom is -0.384 e. The van der Waals surface area contributed by atoms with Crippen molar-refractivity contribution < 1.29 is 24.2 Å². The summed E-state index contributed by atoms with van der Waals surface area (Å²) in [5, 5.41) is 21.3. The molecule has 1 amide bonds. The largest absolute Gasteiger partial charge is 0.384 e. The molecule has 1 aliphatic carbocycles. The first-order chi connectivity index (χ1) is 13.2. The quantitative estimate of drug-likeness (QED) is 0.720. The summed E-state index contributed by atoms with van der Waals surface area (Å²) >= 11 is 0. The van der Waals surface area contributed by atoms with Gasteiger partial charge in [0.2, 0.25) is 5.91 Å². The molecular weight excluding hydrogens is 364 g/mol. The number of ether oxygens (including phenoxy) is 1. The summed E-state index contributed by atoms with van der Waals surface area (Å²) < 4.78 is 7.90. The second-order valence-corrected chi connectivity index (χ2v) is 7.19. The number of amides is 1. The third-order valence-electron chi connectivity index (χ3n) is 4.52. The Balaban J connectivity index is 0.00000122. The summed E-state index contributed by atoms with van der Waals surface area (Å²) in [7, 11) is 0. The standard InChI is InChI=1S/C18H30N4O3.CO2/c1-6-13(7-2)25-15-10-8-9-14(17(15)19-12(3)23)22-11-16(20-21-22)18(4,5)24;2-1-3/h9,11,13,15,17,24H,6-8,10H2,1-5H3,(H,19,23);/t15-,17-;/m1./s1. The topological polar surface area (TPSA) is 123 Å². The van der Waals surface area contributed by atoms with Crippen LogP contribution in [0.25, 0.3) is 5.70 Å². The Bertz CT molecular complexity index is 697. The molecule has 1 aromatic rings. The molecule has 1 aliphatic rings. The molecule has 0 saturated heterocycles. The molecule has 0 unspecified atom stereocenters. The van der Waals surface area contributed by atoms with Crippen molar-refractivity contribution >= 4 is 17.8 Å². The lowest BCUT2D eigenvalue weighted by Crippen LogP contribution is -2.48. The lowest BCUT2D eigenvalue weighted by molar-refractivity contribution is -0.191. The van der Waals surface area contributed by atoms with Crippen molar-refractivity contribution in [3.8, 4) is 0 Å². The number of carbonyl (C=O) groups excluding carboxylic acids is 3. The number of allylic oxidation sites excluding steroid dienone is 1. The predicted octanol–water partition coefficient (Wildman–Crippen LogP) is 1.64. The molecule has 0 aromatic carbocycles. The molecule has 2 N–H and O–H groups in total. The van der Waals surface area contributed by atoms with Gasteiger partial charge in [-0.05, 0) is 39.5 Å². The summed E-state index contributed by atoms with van der Waals surface area (Å²) in [5.41, 5.74) is 0.251. The van der Waals surface area contributed by atoms with Crippen LogP contribution in [0, 0.1) is 0 Å². The molecule has 2 rings (SSSR count). The van der Waals surface area contributed by atoms with Gasteiger partial charge in [0.1, 0.15) is 11.3 Å². The van der Waals surface area contributed by atoms with Crippen molar-refractivity contribution in [1.29, 1.82) is 0 Å². The number of carbonyl (C=O) groups is 1. The van der Waals surface area contributed by atoms with Crippen LogP contribution < -0.4 is 5.32 Å². The maximum Gasteiger partial charge on any atom is 0.373 e. The number of hydrogen-bond donors (Lipinski definition) is 2. The van der Waals surface area contributed by atoms with E-state index in [1.54, 1.807) is 24.7 Å².